The molecule has 0 aromatic heterocycles. The molecule has 1 saturated heterocycles. The second kappa shape index (κ2) is 5.78. The average Bonchev–Trinajstić information content (AvgIpc) is 2.47. The number of nitrogens with zero attached hydrogens (tertiary/aromatic N) is 1. The lowest BCUT2D eigenvalue weighted by Crippen LogP contribution is -2.37. The van der Waals surface area contributed by atoms with E-state index >= 15 is 0 Å². The van der Waals surface area contributed by atoms with E-state index in [0.717, 1.165) is 0 Å². The van der Waals surface area contributed by atoms with Gasteiger partial charge in [0.15, 0.2) is 0 Å². The molecule has 2 rings (SSSR count). The molecule has 0 saturated carbocycles. The fourth-order valence-electron chi connectivity index (χ4n) is 2.05. The molecule has 110 valence electrons. The Balaban J connectivity index is 2.46. The van der Waals surface area contributed by atoms with Gasteiger partial charge < -0.3 is 14.7 Å². The maximum Gasteiger partial charge on any atom is 0.337 e. The third-order valence-corrected chi connectivity index (χ3v) is 4.54. The van der Waals surface area contributed by atoms with Gasteiger partial charge in [0.25, 0.3) is 0 Å². The maximum absolute atomic E-state index is 11.7. The largest absolute Gasteiger partial charge is 0.478 e. The Hall–Kier alpha value is -1.64. The minimum Gasteiger partial charge on any atom is -0.478 e. The molecule has 0 amide bonds. The van der Waals surface area contributed by atoms with Crippen LogP contribution in [-0.4, -0.2) is 52.8 Å². The van der Waals surface area contributed by atoms with Crippen LogP contribution in [0.25, 0.3) is 0 Å². The van der Waals surface area contributed by atoms with E-state index in [-0.39, 0.29) is 10.5 Å². The molecule has 1 aromatic rings. The monoisotopic (exact) mass is 300 g/mol. The van der Waals surface area contributed by atoms with Crippen LogP contribution in [0.1, 0.15) is 10.4 Å². The second-order valence-corrected chi connectivity index (χ2v) is 6.18. The predicted molar refractivity (Wildman–Crippen MR) is 72.7 cm³/mol. The van der Waals surface area contributed by atoms with Gasteiger partial charge in [0.05, 0.1) is 29.4 Å². The van der Waals surface area contributed by atoms with Crippen LogP contribution >= 0.6 is 0 Å². The molecule has 0 radical (unpaired) electrons. The normalized spacial score (nSPS) is 16.1. The first-order chi connectivity index (χ1) is 9.45. The molecule has 0 spiro atoms. The Morgan fingerprint density at radius 3 is 2.55 bits per heavy atom. The Labute approximate surface area is 117 Å². The highest BCUT2D eigenvalue weighted by atomic mass is 32.2. The summed E-state index contributed by atoms with van der Waals surface area (Å²) in [4.78, 5) is 13.2. The molecule has 2 N–H and O–H groups in total. The molecule has 1 aliphatic rings. The number of aromatic carboxylic acids is 1. The highest BCUT2D eigenvalue weighted by Crippen LogP contribution is 2.25. The van der Waals surface area contributed by atoms with E-state index < -0.39 is 16.0 Å². The molecule has 8 heteroatoms. The quantitative estimate of drug-likeness (QED) is 0.820. The van der Waals surface area contributed by atoms with Gasteiger partial charge in [-0.1, -0.05) is 0 Å². The first kappa shape index (κ1) is 14.8. The SMILES string of the molecule is CNS(=O)(=O)c1ccc(N2CCOCC2)c(C(=O)O)c1. The van der Waals surface area contributed by atoms with Gasteiger partial charge in [0, 0.05) is 13.1 Å². The topological polar surface area (TPSA) is 95.9 Å². The molecular weight excluding hydrogens is 284 g/mol. The van der Waals surface area contributed by atoms with Gasteiger partial charge >= 0.3 is 5.97 Å². The van der Waals surface area contributed by atoms with Crippen LogP contribution in [0.4, 0.5) is 5.69 Å². The molecule has 0 aliphatic carbocycles. The number of carboxylic acid groups (broad SMARTS) is 1. The van der Waals surface area contributed by atoms with E-state index in [9.17, 15) is 18.3 Å². The van der Waals surface area contributed by atoms with Crippen molar-refractivity contribution in [1.29, 1.82) is 0 Å². The summed E-state index contributed by atoms with van der Waals surface area (Å²) >= 11 is 0. The average molecular weight is 300 g/mol. The lowest BCUT2D eigenvalue weighted by molar-refractivity contribution is 0.0696. The third-order valence-electron chi connectivity index (χ3n) is 3.13. The van der Waals surface area contributed by atoms with E-state index in [2.05, 4.69) is 4.72 Å². The summed E-state index contributed by atoms with van der Waals surface area (Å²) < 4.78 is 30.8. The van der Waals surface area contributed by atoms with Gasteiger partial charge in [-0.3, -0.25) is 0 Å². The van der Waals surface area contributed by atoms with Crippen LogP contribution in [0, 0.1) is 0 Å². The van der Waals surface area contributed by atoms with Crippen molar-refractivity contribution in [3.8, 4) is 0 Å². The minimum atomic E-state index is -3.66. The Morgan fingerprint density at radius 2 is 2.00 bits per heavy atom. The lowest BCUT2D eigenvalue weighted by Gasteiger charge is -2.30. The number of morpholine rings is 1. The Bertz CT molecular complexity index is 608. The fraction of sp³-hybridized carbons (Fsp3) is 0.417. The number of carbonyl (C=O) groups is 1. The van der Waals surface area contributed by atoms with Crippen molar-refractivity contribution < 1.29 is 23.1 Å². The molecule has 1 aliphatic heterocycles. The maximum atomic E-state index is 11.7. The van der Waals surface area contributed by atoms with Gasteiger partial charge in [-0.15, -0.1) is 0 Å². The molecule has 0 unspecified atom stereocenters. The third kappa shape index (κ3) is 2.92. The summed E-state index contributed by atoms with van der Waals surface area (Å²) in [7, 11) is -2.37. The number of hydrogen-bond donors (Lipinski definition) is 2. The highest BCUT2D eigenvalue weighted by molar-refractivity contribution is 7.89. The van der Waals surface area contributed by atoms with E-state index in [4.69, 9.17) is 4.74 Å². The van der Waals surface area contributed by atoms with E-state index in [0.29, 0.717) is 32.0 Å². The van der Waals surface area contributed by atoms with Gasteiger partial charge in [-0.05, 0) is 25.2 Å². The summed E-state index contributed by atoms with van der Waals surface area (Å²) in [5.41, 5.74) is 0.485. The highest BCUT2D eigenvalue weighted by Gasteiger charge is 2.21. The summed E-state index contributed by atoms with van der Waals surface area (Å²) in [6, 6.07) is 4.11. The molecule has 1 fully saturated rings. The number of rotatable bonds is 4. The Kier molecular flexibility index (Phi) is 4.26. The zero-order valence-electron chi connectivity index (χ0n) is 11.0. The minimum absolute atomic E-state index is 0.0248. The van der Waals surface area contributed by atoms with E-state index in [1.807, 2.05) is 4.90 Å². The van der Waals surface area contributed by atoms with Crippen LogP contribution in [0.5, 0.6) is 0 Å². The first-order valence-electron chi connectivity index (χ1n) is 6.09. The van der Waals surface area contributed by atoms with Crippen molar-refractivity contribution in [2.75, 3.05) is 38.3 Å². The first-order valence-corrected chi connectivity index (χ1v) is 7.57. The van der Waals surface area contributed by atoms with E-state index in [1.54, 1.807) is 0 Å². The lowest BCUT2D eigenvalue weighted by atomic mass is 10.1. The molecule has 20 heavy (non-hydrogen) atoms. The van der Waals surface area contributed by atoms with Gasteiger partial charge in [0.2, 0.25) is 10.0 Å². The van der Waals surface area contributed by atoms with Crippen molar-refractivity contribution in [2.24, 2.45) is 0 Å². The zero-order valence-corrected chi connectivity index (χ0v) is 11.8. The molecule has 0 bridgehead atoms. The molecular formula is C12H16N2O5S. The summed E-state index contributed by atoms with van der Waals surface area (Å²) in [6.45, 7) is 2.21. The molecule has 1 aromatic carbocycles. The zero-order chi connectivity index (χ0) is 14.8. The van der Waals surface area contributed by atoms with Crippen LogP contribution in [0.2, 0.25) is 0 Å². The number of sulfonamides is 1. The van der Waals surface area contributed by atoms with Crippen LogP contribution in [-0.2, 0) is 14.8 Å². The summed E-state index contributed by atoms with van der Waals surface area (Å²) in [5, 5.41) is 9.29. The molecule has 7 nitrogen and oxygen atoms in total. The number of hydrogen-bond acceptors (Lipinski definition) is 5. The fourth-order valence-corrected chi connectivity index (χ4v) is 2.81. The van der Waals surface area contributed by atoms with Crippen molar-refractivity contribution >= 4 is 21.7 Å². The van der Waals surface area contributed by atoms with E-state index in [1.165, 1.54) is 25.2 Å². The van der Waals surface area contributed by atoms with Gasteiger partial charge in [-0.2, -0.15) is 0 Å². The van der Waals surface area contributed by atoms with Crippen molar-refractivity contribution in [2.45, 2.75) is 4.90 Å². The second-order valence-electron chi connectivity index (χ2n) is 4.29. The Morgan fingerprint density at radius 1 is 1.35 bits per heavy atom. The molecule has 1 heterocycles. The molecule has 0 atom stereocenters. The van der Waals surface area contributed by atoms with Gasteiger partial charge in [-0.25, -0.2) is 17.9 Å². The van der Waals surface area contributed by atoms with Crippen LogP contribution in [0.15, 0.2) is 23.1 Å². The summed E-state index contributed by atoms with van der Waals surface area (Å²) in [5.74, 6) is -1.15. The van der Waals surface area contributed by atoms with Crippen LogP contribution < -0.4 is 9.62 Å². The standard InChI is InChI=1S/C12H16N2O5S/c1-13-20(17,18)9-2-3-11(10(8-9)12(15)16)14-4-6-19-7-5-14/h2-3,8,13H,4-7H2,1H3,(H,15,16). The smallest absolute Gasteiger partial charge is 0.337 e. The number of nitrogens with one attached hydrogen (secondary N) is 1. The van der Waals surface area contributed by atoms with Crippen molar-refractivity contribution in [3.05, 3.63) is 23.8 Å². The van der Waals surface area contributed by atoms with Crippen LogP contribution in [0.3, 0.4) is 0 Å². The van der Waals surface area contributed by atoms with Crippen molar-refractivity contribution in [1.82, 2.24) is 4.72 Å². The predicted octanol–water partition coefficient (Wildman–Crippen LogP) is 0.129. The number of carboxylic acids is 1. The number of anilines is 1. The number of benzene rings is 1. The summed E-state index contributed by atoms with van der Waals surface area (Å²) in [6.07, 6.45) is 0. The van der Waals surface area contributed by atoms with Crippen molar-refractivity contribution in [3.63, 3.8) is 0 Å². The number of ether oxygens (including phenoxy) is 1. The van der Waals surface area contributed by atoms with Gasteiger partial charge in [0.1, 0.15) is 0 Å².